The number of aliphatic hydroxyl groups excluding tert-OH is 8. The van der Waals surface area contributed by atoms with Crippen LogP contribution in [-0.4, -0.2) is 181 Å². The van der Waals surface area contributed by atoms with Gasteiger partial charge in [-0.15, -0.1) is 0 Å². The highest BCUT2D eigenvalue weighted by Crippen LogP contribution is 2.70. The lowest BCUT2D eigenvalue weighted by atomic mass is 9.47. The van der Waals surface area contributed by atoms with Crippen LogP contribution < -0.4 is 5.32 Å². The molecular weight excluding hydrogens is 826 g/mol. The van der Waals surface area contributed by atoms with Gasteiger partial charge in [0.05, 0.1) is 31.5 Å². The van der Waals surface area contributed by atoms with E-state index in [1.54, 1.807) is 0 Å². The van der Waals surface area contributed by atoms with Crippen molar-refractivity contribution in [3.8, 4) is 0 Å². The van der Waals surface area contributed by atoms with Crippen LogP contribution in [0.3, 0.4) is 0 Å². The Bertz CT molecular complexity index is 1660. The SMILES string of the molecule is CC1CCC2(NC1)OC1CC3C4CC=C5C[C@@H](O[C@@H]6OC(CO)[C@H](O)[C@H](OC7O[C@@H](CO)[C@H](O)[C@H](O)C7O)C6O[C@@H]6OC(C)[C@H](O)C(O)C6(O)O)CC[C@]5(C)C4CC[C@]3(C)C1[C@@H]2C. The van der Waals surface area contributed by atoms with Gasteiger partial charge in [-0.05, 0) is 105 Å². The van der Waals surface area contributed by atoms with Gasteiger partial charge >= 0.3 is 0 Å². The van der Waals surface area contributed by atoms with E-state index in [0.717, 1.165) is 45.1 Å². The Morgan fingerprint density at radius 3 is 2.16 bits per heavy atom. The maximum atomic E-state index is 11.6. The molecule has 9 aliphatic rings. The van der Waals surface area contributed by atoms with Crippen LogP contribution in [0.4, 0.5) is 0 Å². The highest BCUT2D eigenvalue weighted by Gasteiger charge is 2.68. The molecule has 5 aliphatic heterocycles. The van der Waals surface area contributed by atoms with Gasteiger partial charge in [-0.2, -0.15) is 0 Å². The van der Waals surface area contributed by atoms with E-state index in [2.05, 4.69) is 39.1 Å². The second-order valence-corrected chi connectivity index (χ2v) is 21.4. The van der Waals surface area contributed by atoms with Crippen LogP contribution in [0.2, 0.25) is 0 Å². The van der Waals surface area contributed by atoms with E-state index in [1.807, 2.05) is 0 Å². The molecule has 0 bridgehead atoms. The minimum atomic E-state index is -3.19. The number of rotatable bonds is 8. The van der Waals surface area contributed by atoms with Crippen molar-refractivity contribution in [3.63, 3.8) is 0 Å². The summed E-state index contributed by atoms with van der Waals surface area (Å²) in [7, 11) is 0. The molecule has 18 heteroatoms. The van der Waals surface area contributed by atoms with Crippen molar-refractivity contribution >= 4 is 0 Å². The second-order valence-electron chi connectivity index (χ2n) is 21.4. The first-order chi connectivity index (χ1) is 29.8. The fraction of sp³-hybridized carbons (Fsp3) is 0.956. The summed E-state index contributed by atoms with van der Waals surface area (Å²) in [5, 5.41) is 111. The Balaban J connectivity index is 0.950. The zero-order valence-corrected chi connectivity index (χ0v) is 37.1. The second kappa shape index (κ2) is 17.2. The molecule has 13 unspecified atom stereocenters. The summed E-state index contributed by atoms with van der Waals surface area (Å²) >= 11 is 0. The molecule has 63 heavy (non-hydrogen) atoms. The Hall–Kier alpha value is -0.980. The van der Waals surface area contributed by atoms with Gasteiger partial charge in [0.25, 0.3) is 0 Å². The fourth-order valence-corrected chi connectivity index (χ4v) is 14.2. The van der Waals surface area contributed by atoms with Crippen molar-refractivity contribution < 1.29 is 84.2 Å². The van der Waals surface area contributed by atoms with Crippen LogP contribution in [0, 0.1) is 46.3 Å². The number of fused-ring (bicyclic) bond motifs is 7. The third-order valence-electron chi connectivity index (χ3n) is 18.0. The molecular formula is C45H73NO17. The number of piperidine rings is 1. The molecule has 0 radical (unpaired) electrons. The molecule has 0 amide bonds. The number of hydrogen-bond donors (Lipinski definition) is 11. The monoisotopic (exact) mass is 899 g/mol. The molecule has 4 aliphatic carbocycles. The van der Waals surface area contributed by atoms with Gasteiger partial charge in [0.2, 0.25) is 12.1 Å². The smallest absolute Gasteiger partial charge is 0.245 e. The summed E-state index contributed by atoms with van der Waals surface area (Å²) in [5.74, 6) is 0.00263. The van der Waals surface area contributed by atoms with Crippen LogP contribution >= 0.6 is 0 Å². The average Bonchev–Trinajstić information content (AvgIpc) is 3.71. The van der Waals surface area contributed by atoms with Gasteiger partial charge in [-0.1, -0.05) is 39.3 Å². The first-order valence-electron chi connectivity index (χ1n) is 23.6. The zero-order chi connectivity index (χ0) is 45.1. The number of hydrogen-bond acceptors (Lipinski definition) is 18. The number of nitrogens with one attached hydrogen (secondary N) is 1. The molecule has 5 heterocycles. The van der Waals surface area contributed by atoms with Gasteiger partial charge in [0.15, 0.2) is 12.6 Å². The molecule has 18 nitrogen and oxygen atoms in total. The first-order valence-corrected chi connectivity index (χ1v) is 23.6. The Labute approximate surface area is 368 Å². The van der Waals surface area contributed by atoms with Gasteiger partial charge in [-0.3, -0.25) is 5.32 Å². The lowest BCUT2D eigenvalue weighted by molar-refractivity contribution is -0.436. The predicted octanol–water partition coefficient (Wildman–Crippen LogP) is -0.893. The van der Waals surface area contributed by atoms with Gasteiger partial charge in [0.1, 0.15) is 66.8 Å². The normalized spacial score (nSPS) is 56.6. The van der Waals surface area contributed by atoms with E-state index in [0.29, 0.717) is 48.3 Å². The lowest BCUT2D eigenvalue weighted by Crippen LogP contribution is -2.70. The van der Waals surface area contributed by atoms with Crippen molar-refractivity contribution in [3.05, 3.63) is 11.6 Å². The Morgan fingerprint density at radius 2 is 1.46 bits per heavy atom. The molecule has 3 saturated carbocycles. The van der Waals surface area contributed by atoms with Crippen molar-refractivity contribution in [1.29, 1.82) is 0 Å². The molecule has 360 valence electrons. The van der Waals surface area contributed by atoms with E-state index < -0.39 is 111 Å². The molecule has 5 saturated heterocycles. The van der Waals surface area contributed by atoms with Gasteiger partial charge in [0, 0.05) is 12.5 Å². The van der Waals surface area contributed by atoms with Crippen molar-refractivity contribution in [2.45, 2.75) is 202 Å². The number of ether oxygens (including phenoxy) is 7. The number of allylic oxidation sites excluding steroid dienone is 1. The Morgan fingerprint density at radius 1 is 0.746 bits per heavy atom. The summed E-state index contributed by atoms with van der Waals surface area (Å²) in [6, 6.07) is 0. The van der Waals surface area contributed by atoms with E-state index in [9.17, 15) is 51.1 Å². The van der Waals surface area contributed by atoms with E-state index >= 15 is 0 Å². The fourth-order valence-electron chi connectivity index (χ4n) is 14.2. The van der Waals surface area contributed by atoms with Crippen LogP contribution in [0.25, 0.3) is 0 Å². The third-order valence-corrected chi connectivity index (χ3v) is 18.0. The van der Waals surface area contributed by atoms with Crippen molar-refractivity contribution in [2.75, 3.05) is 19.8 Å². The van der Waals surface area contributed by atoms with Crippen LogP contribution in [-0.2, 0) is 33.2 Å². The van der Waals surface area contributed by atoms with E-state index in [4.69, 9.17) is 33.2 Å². The largest absolute Gasteiger partial charge is 0.394 e. The van der Waals surface area contributed by atoms with Crippen molar-refractivity contribution in [1.82, 2.24) is 5.32 Å². The summed E-state index contributed by atoms with van der Waals surface area (Å²) < 4.78 is 43.4. The number of aliphatic hydroxyl groups is 10. The summed E-state index contributed by atoms with van der Waals surface area (Å²) in [4.78, 5) is 0. The molecule has 25 atom stereocenters. The molecule has 0 aromatic rings. The first kappa shape index (κ1) is 47.1. The third kappa shape index (κ3) is 7.62. The van der Waals surface area contributed by atoms with E-state index in [1.165, 1.54) is 18.9 Å². The minimum Gasteiger partial charge on any atom is -0.394 e. The van der Waals surface area contributed by atoms with Crippen molar-refractivity contribution in [2.24, 2.45) is 46.3 Å². The summed E-state index contributed by atoms with van der Waals surface area (Å²) in [6.07, 6.45) is -12.9. The predicted molar refractivity (Wildman–Crippen MR) is 217 cm³/mol. The van der Waals surface area contributed by atoms with Crippen LogP contribution in [0.5, 0.6) is 0 Å². The maximum Gasteiger partial charge on any atom is 0.245 e. The lowest BCUT2D eigenvalue weighted by Gasteiger charge is -2.59. The Kier molecular flexibility index (Phi) is 12.9. The van der Waals surface area contributed by atoms with Crippen LogP contribution in [0.15, 0.2) is 11.6 Å². The molecule has 1 spiro atoms. The van der Waals surface area contributed by atoms with Gasteiger partial charge in [-0.25, -0.2) is 0 Å². The van der Waals surface area contributed by atoms with Gasteiger partial charge < -0.3 is 84.2 Å². The van der Waals surface area contributed by atoms with Crippen LogP contribution in [0.1, 0.15) is 92.4 Å². The zero-order valence-electron chi connectivity index (χ0n) is 37.1. The topological polar surface area (TPSA) is 279 Å². The maximum absolute atomic E-state index is 11.6. The molecule has 9 rings (SSSR count). The molecule has 0 aromatic carbocycles. The van der Waals surface area contributed by atoms with E-state index in [-0.39, 0.29) is 22.7 Å². The summed E-state index contributed by atoms with van der Waals surface area (Å²) in [6.45, 7) is 10.6. The minimum absolute atomic E-state index is 0.0745. The highest BCUT2D eigenvalue weighted by atomic mass is 16.8. The standard InChI is InChI=1S/C45H73NO17/c1-19-8-13-44(46-16-19)20(2)30-27(63-44)15-26-24-7-6-22-14-23(9-11-42(22,4)25(24)10-12-43(26,30)5)58-40-37(62-41-45(55,56)38(54)31(49)21(3)57-41)36(33(51)29(18-48)60-40)61-39-35(53)34(52)32(50)28(17-47)59-39/h6,19-21,23-41,46-56H,7-18H2,1-5H3/t19?,20-,21?,23-,24?,25?,26?,27?,28-,29?,30?,31-,32-,33-,34-,35?,36-,37?,38?,39?,40+,41-,42-,43-,44?/m0/s1. The average molecular weight is 900 g/mol. The molecule has 8 fully saturated rings. The summed E-state index contributed by atoms with van der Waals surface area (Å²) in [5.41, 5.74) is 1.20. The molecule has 11 N–H and O–H groups in total. The molecule has 0 aromatic heterocycles. The highest BCUT2D eigenvalue weighted by molar-refractivity contribution is 5.26. The quantitative estimate of drug-likeness (QED) is 0.104.